The molecule has 1 amide bonds. The molecule has 0 fully saturated rings. The van der Waals surface area contributed by atoms with Gasteiger partial charge in [0.1, 0.15) is 17.1 Å². The number of phenolic OH excluding ortho intramolecular Hbond substituents is 2. The summed E-state index contributed by atoms with van der Waals surface area (Å²) in [5.41, 5.74) is 0.822. The van der Waals surface area contributed by atoms with Gasteiger partial charge in [0.25, 0.3) is 5.91 Å². The highest BCUT2D eigenvalue weighted by molar-refractivity contribution is 7.94. The molecule has 0 atom stereocenters. The Morgan fingerprint density at radius 1 is 0.939 bits per heavy atom. The number of phenols is 2. The molecule has 0 aliphatic rings. The summed E-state index contributed by atoms with van der Waals surface area (Å²) >= 11 is 0.816. The van der Waals surface area contributed by atoms with Gasteiger partial charge in [-0.15, -0.1) is 19.6 Å². The Labute approximate surface area is 192 Å². The Bertz CT molecular complexity index is 1330. The third-order valence-electron chi connectivity index (χ3n) is 4.65. The second-order valence-electron chi connectivity index (χ2n) is 6.76. The number of hydrogen-bond donors (Lipinski definition) is 4. The van der Waals surface area contributed by atoms with E-state index in [0.717, 1.165) is 12.0 Å². The van der Waals surface area contributed by atoms with Gasteiger partial charge in [-0.2, -0.15) is 5.90 Å². The zero-order chi connectivity index (χ0) is 23.2. The minimum Gasteiger partial charge on any atom is -0.506 e. The standard InChI is InChI=1S/C23H18N4O5S/c24-31-32-33-16-10-11-20(28)19(13-16)26-27-21-17-9-5-4-6-14(17)12-18(22(21)29)23(30)25-15-7-2-1-3-8-15/h1-13,28-29H,24H2,(H,25,30). The molecule has 4 aromatic rings. The van der Waals surface area contributed by atoms with Gasteiger partial charge in [-0.25, -0.2) is 0 Å². The maximum absolute atomic E-state index is 12.9. The lowest BCUT2D eigenvalue weighted by molar-refractivity contribution is -0.195. The zero-order valence-corrected chi connectivity index (χ0v) is 17.8. The molecule has 0 saturated heterocycles. The van der Waals surface area contributed by atoms with Gasteiger partial charge >= 0.3 is 0 Å². The fourth-order valence-electron chi connectivity index (χ4n) is 3.11. The zero-order valence-electron chi connectivity index (χ0n) is 17.0. The molecule has 0 heterocycles. The number of carbonyl (C=O) groups excluding carboxylic acids is 1. The molecule has 5 N–H and O–H groups in total. The number of fused-ring (bicyclic) bond motifs is 1. The summed E-state index contributed by atoms with van der Waals surface area (Å²) in [5.74, 6) is 3.86. The van der Waals surface area contributed by atoms with Crippen LogP contribution in [-0.4, -0.2) is 16.1 Å². The molecule has 33 heavy (non-hydrogen) atoms. The Kier molecular flexibility index (Phi) is 6.81. The Balaban J connectivity index is 1.74. The van der Waals surface area contributed by atoms with E-state index >= 15 is 0 Å². The molecule has 0 aliphatic carbocycles. The van der Waals surface area contributed by atoms with Crippen LogP contribution in [0.1, 0.15) is 10.4 Å². The highest BCUT2D eigenvalue weighted by atomic mass is 32.2. The summed E-state index contributed by atoms with van der Waals surface area (Å²) in [7, 11) is 0. The van der Waals surface area contributed by atoms with Crippen molar-refractivity contribution in [3.8, 4) is 11.5 Å². The van der Waals surface area contributed by atoms with Crippen LogP contribution in [-0.2, 0) is 9.32 Å². The molecule has 166 valence electrons. The molecule has 0 bridgehead atoms. The highest BCUT2D eigenvalue weighted by Crippen LogP contribution is 2.41. The van der Waals surface area contributed by atoms with Crippen LogP contribution in [0.25, 0.3) is 10.8 Å². The number of aromatic hydroxyl groups is 2. The normalized spacial score (nSPS) is 11.2. The summed E-state index contributed by atoms with van der Waals surface area (Å²) in [6, 6.07) is 22.1. The van der Waals surface area contributed by atoms with E-state index in [0.29, 0.717) is 21.4 Å². The molecule has 0 spiro atoms. The van der Waals surface area contributed by atoms with Gasteiger partial charge in [0.15, 0.2) is 5.75 Å². The van der Waals surface area contributed by atoms with Crippen molar-refractivity contribution in [2.24, 2.45) is 16.1 Å². The summed E-state index contributed by atoms with van der Waals surface area (Å²) < 4.78 is 4.60. The van der Waals surface area contributed by atoms with Crippen molar-refractivity contribution in [2.75, 3.05) is 5.32 Å². The van der Waals surface area contributed by atoms with Crippen LogP contribution in [0.2, 0.25) is 0 Å². The van der Waals surface area contributed by atoms with E-state index in [2.05, 4.69) is 24.9 Å². The number of benzene rings is 4. The van der Waals surface area contributed by atoms with Crippen molar-refractivity contribution in [3.05, 3.63) is 84.4 Å². The maximum atomic E-state index is 12.9. The van der Waals surface area contributed by atoms with Crippen molar-refractivity contribution in [1.29, 1.82) is 0 Å². The monoisotopic (exact) mass is 462 g/mol. The summed E-state index contributed by atoms with van der Waals surface area (Å²) in [4.78, 5) is 17.5. The Hall–Kier alpha value is -3.96. The molecule has 0 radical (unpaired) electrons. The second kappa shape index (κ2) is 10.1. The fraction of sp³-hybridized carbons (Fsp3) is 0. The van der Waals surface area contributed by atoms with Gasteiger partial charge in [-0.3, -0.25) is 4.79 Å². The Morgan fingerprint density at radius 3 is 2.48 bits per heavy atom. The number of nitrogens with zero attached hydrogens (tertiary/aromatic N) is 2. The number of amides is 1. The van der Waals surface area contributed by atoms with E-state index in [9.17, 15) is 15.0 Å². The Morgan fingerprint density at radius 2 is 1.70 bits per heavy atom. The SMILES string of the molecule is NOOSc1ccc(O)c(N=Nc2c(O)c(C(=O)Nc3ccccc3)cc3ccccc23)c1. The smallest absolute Gasteiger partial charge is 0.259 e. The highest BCUT2D eigenvalue weighted by Gasteiger charge is 2.18. The molecular formula is C23H18N4O5S. The molecule has 4 rings (SSSR count). The first-order chi connectivity index (χ1) is 16.1. The predicted molar refractivity (Wildman–Crippen MR) is 125 cm³/mol. The maximum Gasteiger partial charge on any atom is 0.259 e. The van der Waals surface area contributed by atoms with E-state index in [4.69, 9.17) is 5.90 Å². The average Bonchev–Trinajstić information content (AvgIpc) is 2.83. The van der Waals surface area contributed by atoms with Gasteiger partial charge < -0.3 is 15.5 Å². The lowest BCUT2D eigenvalue weighted by Crippen LogP contribution is -2.12. The van der Waals surface area contributed by atoms with Crippen LogP contribution >= 0.6 is 12.0 Å². The number of nitrogens with two attached hydrogens (primary N) is 1. The van der Waals surface area contributed by atoms with Crippen molar-refractivity contribution in [2.45, 2.75) is 4.90 Å². The number of para-hydroxylation sites is 1. The topological polar surface area (TPSA) is 139 Å². The number of anilines is 1. The van der Waals surface area contributed by atoms with E-state index in [1.54, 1.807) is 54.6 Å². The largest absolute Gasteiger partial charge is 0.506 e. The molecule has 10 heteroatoms. The first kappa shape index (κ1) is 22.2. The van der Waals surface area contributed by atoms with Gasteiger partial charge in [0.05, 0.1) is 17.6 Å². The minimum atomic E-state index is -0.499. The van der Waals surface area contributed by atoms with E-state index in [1.807, 2.05) is 12.1 Å². The van der Waals surface area contributed by atoms with Crippen LogP contribution in [0.3, 0.4) is 0 Å². The van der Waals surface area contributed by atoms with Crippen LogP contribution in [0.15, 0.2) is 94.0 Å². The van der Waals surface area contributed by atoms with Gasteiger partial charge in [0, 0.05) is 16.0 Å². The van der Waals surface area contributed by atoms with Crippen molar-refractivity contribution < 1.29 is 24.3 Å². The molecule has 4 aromatic carbocycles. The number of azo groups is 1. The summed E-state index contributed by atoms with van der Waals surface area (Å²) in [6.07, 6.45) is 0. The number of carbonyl (C=O) groups is 1. The van der Waals surface area contributed by atoms with Crippen LogP contribution in [0.5, 0.6) is 11.5 Å². The third-order valence-corrected chi connectivity index (χ3v) is 5.24. The minimum absolute atomic E-state index is 0.0357. The first-order valence-electron chi connectivity index (χ1n) is 9.63. The van der Waals surface area contributed by atoms with Crippen LogP contribution < -0.4 is 11.2 Å². The van der Waals surface area contributed by atoms with Gasteiger partial charge in [-0.1, -0.05) is 42.5 Å². The van der Waals surface area contributed by atoms with E-state index in [1.165, 1.54) is 12.1 Å². The lowest BCUT2D eigenvalue weighted by Gasteiger charge is -2.11. The number of rotatable bonds is 7. The third kappa shape index (κ3) is 5.10. The van der Waals surface area contributed by atoms with Crippen LogP contribution in [0, 0.1) is 0 Å². The lowest BCUT2D eigenvalue weighted by atomic mass is 10.0. The van der Waals surface area contributed by atoms with Crippen LogP contribution in [0.4, 0.5) is 17.1 Å². The molecular weight excluding hydrogens is 444 g/mol. The average molecular weight is 462 g/mol. The molecule has 0 aliphatic heterocycles. The van der Waals surface area contributed by atoms with Crippen molar-refractivity contribution in [1.82, 2.24) is 0 Å². The summed E-state index contributed by atoms with van der Waals surface area (Å²) in [5, 5.41) is 33.3. The molecule has 9 nitrogen and oxygen atoms in total. The molecule has 0 unspecified atom stereocenters. The summed E-state index contributed by atoms with van der Waals surface area (Å²) in [6.45, 7) is 0. The molecule has 0 saturated carbocycles. The van der Waals surface area contributed by atoms with Gasteiger partial charge in [-0.05, 0) is 41.8 Å². The molecule has 0 aromatic heterocycles. The first-order valence-corrected chi connectivity index (χ1v) is 10.4. The predicted octanol–water partition coefficient (Wildman–Crippen LogP) is 5.75. The van der Waals surface area contributed by atoms with E-state index < -0.39 is 5.91 Å². The van der Waals surface area contributed by atoms with E-state index in [-0.39, 0.29) is 28.4 Å². The quantitative estimate of drug-likeness (QED) is 0.119. The fourth-order valence-corrected chi connectivity index (χ4v) is 3.51. The second-order valence-corrected chi connectivity index (χ2v) is 7.53. The number of nitrogens with one attached hydrogen (secondary N) is 1. The number of hydrogen-bond acceptors (Lipinski definition) is 9. The van der Waals surface area contributed by atoms with Crippen molar-refractivity contribution in [3.63, 3.8) is 0 Å². The van der Waals surface area contributed by atoms with Gasteiger partial charge in [0.2, 0.25) is 0 Å². The van der Waals surface area contributed by atoms with Crippen molar-refractivity contribution >= 4 is 45.8 Å².